The minimum absolute atomic E-state index is 0.00567. The Morgan fingerprint density at radius 3 is 2.36 bits per heavy atom. The second kappa shape index (κ2) is 9.32. The van der Waals surface area contributed by atoms with E-state index in [-0.39, 0.29) is 10.5 Å². The number of pyridine rings is 1. The van der Waals surface area contributed by atoms with Crippen molar-refractivity contribution in [2.45, 2.75) is 50.1 Å². The zero-order valence-corrected chi connectivity index (χ0v) is 18.3. The molecule has 28 heavy (non-hydrogen) atoms. The highest BCUT2D eigenvalue weighted by molar-refractivity contribution is 8.13. The maximum atomic E-state index is 13.8. The van der Waals surface area contributed by atoms with E-state index in [0.29, 0.717) is 6.54 Å². The van der Waals surface area contributed by atoms with Crippen molar-refractivity contribution in [2.24, 2.45) is 5.92 Å². The molecule has 0 saturated carbocycles. The Kier molecular flexibility index (Phi) is 7.05. The van der Waals surface area contributed by atoms with Crippen molar-refractivity contribution in [1.29, 1.82) is 0 Å². The van der Waals surface area contributed by atoms with Crippen LogP contribution >= 0.6 is 10.5 Å². The number of alkyl halides is 1. The number of hydrogen-bond donors (Lipinski definition) is 0. The first-order valence-corrected chi connectivity index (χ1v) is 12.0. The molecule has 1 fully saturated rings. The summed E-state index contributed by atoms with van der Waals surface area (Å²) < 4.78 is 13.8. The molecular weight excluding hydrogens is 367 g/mol. The van der Waals surface area contributed by atoms with Gasteiger partial charge in [-0.15, -0.1) is 0 Å². The first kappa shape index (κ1) is 21.2. The Hall–Kier alpha value is -1.52. The summed E-state index contributed by atoms with van der Waals surface area (Å²) in [4.78, 5) is 8.06. The highest BCUT2D eigenvalue weighted by atomic mass is 32.2. The van der Waals surface area contributed by atoms with Crippen LogP contribution in [0.1, 0.15) is 38.7 Å². The topological polar surface area (TPSA) is 16.1 Å². The van der Waals surface area contributed by atoms with E-state index < -0.39 is 5.67 Å². The second-order valence-corrected chi connectivity index (χ2v) is 10.4. The summed E-state index contributed by atoms with van der Waals surface area (Å²) in [6.07, 6.45) is 8.77. The molecule has 0 radical (unpaired) electrons. The predicted octanol–water partition coefficient (Wildman–Crippen LogP) is 5.83. The molecule has 1 saturated heterocycles. The summed E-state index contributed by atoms with van der Waals surface area (Å²) in [5, 5.41) is 0. The molecule has 0 aliphatic carbocycles. The highest BCUT2D eigenvalue weighted by Crippen LogP contribution is 2.26. The van der Waals surface area contributed by atoms with Crippen molar-refractivity contribution in [3.63, 3.8) is 0 Å². The van der Waals surface area contributed by atoms with Crippen LogP contribution in [0.4, 0.5) is 4.39 Å². The molecule has 0 bridgehead atoms. The van der Waals surface area contributed by atoms with Crippen molar-refractivity contribution in [3.8, 4) is 11.3 Å². The number of piperidine rings is 1. The van der Waals surface area contributed by atoms with Crippen LogP contribution in [0.15, 0.2) is 47.5 Å². The minimum Gasteiger partial charge on any atom is -0.300 e. The maximum Gasteiger partial charge on any atom is 0.118 e. The van der Waals surface area contributed by atoms with Crippen LogP contribution in [0.5, 0.6) is 0 Å². The van der Waals surface area contributed by atoms with Gasteiger partial charge in [0.05, 0.1) is 5.69 Å². The Morgan fingerprint density at radius 2 is 1.82 bits per heavy atom. The first-order chi connectivity index (χ1) is 13.3. The normalized spacial score (nSPS) is 17.6. The van der Waals surface area contributed by atoms with E-state index >= 15 is 0 Å². The van der Waals surface area contributed by atoms with Gasteiger partial charge in [-0.05, 0) is 82.5 Å². The van der Waals surface area contributed by atoms with Gasteiger partial charge in [0.15, 0.2) is 0 Å². The van der Waals surface area contributed by atoms with E-state index in [0.717, 1.165) is 36.7 Å². The molecule has 3 rings (SSSR count). The molecule has 1 aromatic carbocycles. The Morgan fingerprint density at radius 1 is 1.14 bits per heavy atom. The van der Waals surface area contributed by atoms with Gasteiger partial charge >= 0.3 is 0 Å². The van der Waals surface area contributed by atoms with Gasteiger partial charge in [0.1, 0.15) is 5.67 Å². The van der Waals surface area contributed by atoms with Gasteiger partial charge in [-0.3, -0.25) is 4.98 Å². The van der Waals surface area contributed by atoms with Crippen LogP contribution in [-0.4, -0.2) is 47.3 Å². The summed E-state index contributed by atoms with van der Waals surface area (Å²) >= 11 is 0. The third kappa shape index (κ3) is 6.25. The number of nitrogens with zero attached hydrogens (tertiary/aromatic N) is 2. The Labute approximate surface area is 172 Å². The van der Waals surface area contributed by atoms with Crippen molar-refractivity contribution in [1.82, 2.24) is 9.88 Å². The van der Waals surface area contributed by atoms with E-state index in [1.54, 1.807) is 13.8 Å². The number of halogens is 1. The molecule has 4 heteroatoms. The fourth-order valence-corrected chi connectivity index (χ4v) is 4.47. The quantitative estimate of drug-likeness (QED) is 0.544. The molecule has 1 unspecified atom stereocenters. The zero-order valence-electron chi connectivity index (χ0n) is 17.5. The number of aromatic nitrogens is 1. The van der Waals surface area contributed by atoms with Crippen LogP contribution in [0.2, 0.25) is 0 Å². The summed E-state index contributed by atoms with van der Waals surface area (Å²) in [6, 6.07) is 13.0. The molecule has 0 N–H and O–H groups in total. The predicted molar refractivity (Wildman–Crippen MR) is 121 cm³/mol. The maximum absolute atomic E-state index is 13.8. The minimum atomic E-state index is -1.09. The number of hydrogen-bond acceptors (Lipinski definition) is 2. The van der Waals surface area contributed by atoms with Crippen LogP contribution < -0.4 is 0 Å². The molecule has 2 nitrogen and oxygen atoms in total. The molecule has 152 valence electrons. The van der Waals surface area contributed by atoms with Crippen molar-refractivity contribution in [2.75, 3.05) is 25.9 Å². The molecule has 0 amide bonds. The largest absolute Gasteiger partial charge is 0.300 e. The molecule has 1 aliphatic heterocycles. The monoisotopic (exact) mass is 400 g/mol. The van der Waals surface area contributed by atoms with E-state index in [2.05, 4.69) is 58.4 Å². The lowest BCUT2D eigenvalue weighted by Gasteiger charge is -2.34. The van der Waals surface area contributed by atoms with Crippen molar-refractivity contribution >= 4 is 16.4 Å². The van der Waals surface area contributed by atoms with Crippen LogP contribution in [0.25, 0.3) is 11.3 Å². The van der Waals surface area contributed by atoms with E-state index in [9.17, 15) is 4.39 Å². The Balaban J connectivity index is 1.48. The van der Waals surface area contributed by atoms with Crippen LogP contribution in [-0.2, 0) is 6.42 Å². The van der Waals surface area contributed by atoms with Crippen molar-refractivity contribution < 1.29 is 4.39 Å². The highest BCUT2D eigenvalue weighted by Gasteiger charge is 2.25. The van der Waals surface area contributed by atoms with Gasteiger partial charge < -0.3 is 4.90 Å². The van der Waals surface area contributed by atoms with Gasteiger partial charge in [0.2, 0.25) is 0 Å². The fraction of sp³-hybridized carbons (Fsp3) is 0.500. The summed E-state index contributed by atoms with van der Waals surface area (Å²) in [7, 11) is 0.00567. The summed E-state index contributed by atoms with van der Waals surface area (Å²) in [6.45, 7) is 5.98. The number of likely N-dealkylation sites (tertiary alicyclic amines) is 1. The molecule has 0 spiro atoms. The zero-order chi connectivity index (χ0) is 20.1. The Bertz CT molecular complexity index is 770. The van der Waals surface area contributed by atoms with E-state index in [1.807, 2.05) is 6.20 Å². The average Bonchev–Trinajstić information content (AvgIpc) is 2.67. The van der Waals surface area contributed by atoms with Gasteiger partial charge in [0.25, 0.3) is 0 Å². The van der Waals surface area contributed by atoms with Gasteiger partial charge in [-0.1, -0.05) is 30.1 Å². The molecule has 1 aliphatic rings. The first-order valence-electron chi connectivity index (χ1n) is 10.2. The lowest BCUT2D eigenvalue weighted by Crippen LogP contribution is -2.41. The molecular formula is C24H33FN2S. The summed E-state index contributed by atoms with van der Waals surface area (Å²) in [5.74, 6) is 4.83. The van der Waals surface area contributed by atoms with E-state index in [4.69, 9.17) is 0 Å². The molecule has 2 aromatic rings. The third-order valence-electron chi connectivity index (χ3n) is 5.54. The van der Waals surface area contributed by atoms with Gasteiger partial charge in [-0.25, -0.2) is 4.39 Å². The number of benzene rings is 1. The van der Waals surface area contributed by atoms with Crippen LogP contribution in [0.3, 0.4) is 0 Å². The third-order valence-corrected chi connectivity index (χ3v) is 6.58. The fourth-order valence-electron chi connectivity index (χ4n) is 3.94. The van der Waals surface area contributed by atoms with Gasteiger partial charge in [0, 0.05) is 23.2 Å². The average molecular weight is 401 g/mol. The lowest BCUT2D eigenvalue weighted by atomic mass is 9.90. The standard InChI is InChI=1S/C24H33FN2S/c1-24(2,25)18-27-15-13-20(14-16-27)6-5-19-7-9-21(10-8-19)23-12-11-22(17-26-23)28(3)4/h7-12,17,20H,3,5-6,13-16,18H2,1-2,4H3. The lowest BCUT2D eigenvalue weighted by molar-refractivity contribution is 0.0943. The van der Waals surface area contributed by atoms with E-state index in [1.165, 1.54) is 29.7 Å². The molecule has 2 heterocycles. The van der Waals surface area contributed by atoms with Crippen LogP contribution in [0, 0.1) is 5.92 Å². The van der Waals surface area contributed by atoms with Gasteiger partial charge in [-0.2, -0.15) is 10.5 Å². The number of rotatable bonds is 7. The van der Waals surface area contributed by atoms with Crippen molar-refractivity contribution in [3.05, 3.63) is 48.2 Å². The smallest absolute Gasteiger partial charge is 0.118 e. The summed E-state index contributed by atoms with van der Waals surface area (Å²) in [5.41, 5.74) is 2.48. The molecule has 1 aromatic heterocycles. The second-order valence-electron chi connectivity index (χ2n) is 8.69. The number of aryl methyl sites for hydroxylation is 1. The SMILES string of the molecule is C=S(C)c1ccc(-c2ccc(CCC3CCN(CC(C)(C)F)CC3)cc2)nc1. The molecule has 1 atom stereocenters.